The van der Waals surface area contributed by atoms with Crippen LogP contribution in [0, 0.1) is 5.82 Å². The molecular weight excluding hydrogens is 260 g/mol. The maximum absolute atomic E-state index is 13.0. The highest BCUT2D eigenvalue weighted by Crippen LogP contribution is 2.24. The molecule has 1 aromatic carbocycles. The van der Waals surface area contributed by atoms with E-state index in [-0.39, 0.29) is 15.6 Å². The van der Waals surface area contributed by atoms with Crippen LogP contribution in [0.15, 0.2) is 12.1 Å². The predicted octanol–water partition coefficient (Wildman–Crippen LogP) is 1.95. The Morgan fingerprint density at radius 1 is 1.31 bits per heavy atom. The average Bonchev–Trinajstić information content (AvgIpc) is 2.20. The van der Waals surface area contributed by atoms with E-state index in [9.17, 15) is 14.0 Å². The molecule has 16 heavy (non-hydrogen) atoms. The number of benzene rings is 1. The van der Waals surface area contributed by atoms with Gasteiger partial charge in [0.25, 0.3) is 5.91 Å². The molecule has 0 aliphatic rings. The largest absolute Gasteiger partial charge is 0.480 e. The lowest BCUT2D eigenvalue weighted by Crippen LogP contribution is -2.29. The van der Waals surface area contributed by atoms with E-state index >= 15 is 0 Å². The van der Waals surface area contributed by atoms with Gasteiger partial charge < -0.3 is 10.4 Å². The van der Waals surface area contributed by atoms with Gasteiger partial charge in [0, 0.05) is 0 Å². The highest BCUT2D eigenvalue weighted by atomic mass is 35.5. The fourth-order valence-electron chi connectivity index (χ4n) is 0.948. The van der Waals surface area contributed by atoms with E-state index in [1.807, 2.05) is 0 Å². The number of carboxylic acid groups (broad SMARTS) is 1. The predicted molar refractivity (Wildman–Crippen MR) is 56.4 cm³/mol. The molecule has 0 saturated heterocycles. The average molecular weight is 266 g/mol. The van der Waals surface area contributed by atoms with E-state index in [4.69, 9.17) is 28.3 Å². The molecule has 0 saturated carbocycles. The first-order valence-electron chi connectivity index (χ1n) is 4.06. The number of aliphatic carboxylic acids is 1. The summed E-state index contributed by atoms with van der Waals surface area (Å²) in [6, 6.07) is 1.93. The van der Waals surface area contributed by atoms with Gasteiger partial charge in [-0.3, -0.25) is 9.59 Å². The van der Waals surface area contributed by atoms with Crippen molar-refractivity contribution in [2.45, 2.75) is 0 Å². The fraction of sp³-hybridized carbons (Fsp3) is 0.111. The van der Waals surface area contributed by atoms with Crippen molar-refractivity contribution in [3.8, 4) is 0 Å². The molecule has 1 aromatic rings. The second kappa shape index (κ2) is 5.14. The van der Waals surface area contributed by atoms with E-state index in [1.54, 1.807) is 0 Å². The van der Waals surface area contributed by atoms with Crippen LogP contribution in [0.1, 0.15) is 10.4 Å². The van der Waals surface area contributed by atoms with E-state index < -0.39 is 24.2 Å². The maximum Gasteiger partial charge on any atom is 0.322 e. The number of hydrogen-bond donors (Lipinski definition) is 2. The maximum atomic E-state index is 13.0. The van der Waals surface area contributed by atoms with Crippen LogP contribution in [-0.4, -0.2) is 23.5 Å². The molecule has 86 valence electrons. The lowest BCUT2D eigenvalue weighted by molar-refractivity contribution is -0.135. The summed E-state index contributed by atoms with van der Waals surface area (Å²) in [6.07, 6.45) is 0. The van der Waals surface area contributed by atoms with E-state index in [1.165, 1.54) is 0 Å². The molecule has 0 fully saturated rings. The highest BCUT2D eigenvalue weighted by Gasteiger charge is 2.14. The van der Waals surface area contributed by atoms with Gasteiger partial charge in [-0.25, -0.2) is 4.39 Å². The minimum Gasteiger partial charge on any atom is -0.480 e. The van der Waals surface area contributed by atoms with Crippen LogP contribution >= 0.6 is 23.2 Å². The Morgan fingerprint density at radius 3 is 2.50 bits per heavy atom. The Morgan fingerprint density at radius 2 is 1.94 bits per heavy atom. The molecule has 0 aliphatic carbocycles. The van der Waals surface area contributed by atoms with Crippen molar-refractivity contribution in [1.29, 1.82) is 0 Å². The second-order valence-electron chi connectivity index (χ2n) is 2.82. The summed E-state index contributed by atoms with van der Waals surface area (Å²) in [6.45, 7) is -0.570. The zero-order valence-corrected chi connectivity index (χ0v) is 9.27. The Labute approximate surface area is 100.0 Å². The van der Waals surface area contributed by atoms with Gasteiger partial charge in [-0.15, -0.1) is 0 Å². The van der Waals surface area contributed by atoms with Gasteiger partial charge in [0.05, 0.1) is 15.6 Å². The zero-order chi connectivity index (χ0) is 12.3. The molecule has 7 heteroatoms. The lowest BCUT2D eigenvalue weighted by Gasteiger charge is -2.05. The molecule has 0 radical (unpaired) electrons. The molecule has 1 rings (SSSR count). The number of amides is 1. The fourth-order valence-corrected chi connectivity index (χ4v) is 1.42. The van der Waals surface area contributed by atoms with Gasteiger partial charge in [-0.05, 0) is 12.1 Å². The van der Waals surface area contributed by atoms with Crippen molar-refractivity contribution in [2.75, 3.05) is 6.54 Å². The van der Waals surface area contributed by atoms with Crippen LogP contribution < -0.4 is 5.32 Å². The number of hydrogen-bond acceptors (Lipinski definition) is 2. The van der Waals surface area contributed by atoms with Crippen LogP contribution in [-0.2, 0) is 4.79 Å². The first-order valence-corrected chi connectivity index (χ1v) is 4.82. The molecule has 0 bridgehead atoms. The smallest absolute Gasteiger partial charge is 0.322 e. The van der Waals surface area contributed by atoms with Crippen LogP contribution in [0.5, 0.6) is 0 Å². The molecule has 0 heterocycles. The van der Waals surface area contributed by atoms with Crippen molar-refractivity contribution in [3.63, 3.8) is 0 Å². The van der Waals surface area contributed by atoms with Crippen molar-refractivity contribution in [2.24, 2.45) is 0 Å². The van der Waals surface area contributed by atoms with E-state index in [0.29, 0.717) is 0 Å². The summed E-state index contributed by atoms with van der Waals surface area (Å²) < 4.78 is 13.0. The summed E-state index contributed by atoms with van der Waals surface area (Å²) in [5, 5.41) is 10.1. The quantitative estimate of drug-likeness (QED) is 0.821. The Hall–Kier alpha value is -1.33. The highest BCUT2D eigenvalue weighted by molar-refractivity contribution is 6.36. The number of carboxylic acids is 1. The molecule has 2 N–H and O–H groups in total. The first kappa shape index (κ1) is 12.7. The van der Waals surface area contributed by atoms with Crippen molar-refractivity contribution < 1.29 is 19.1 Å². The topological polar surface area (TPSA) is 66.4 Å². The number of rotatable bonds is 3. The minimum atomic E-state index is -1.21. The first-order chi connectivity index (χ1) is 7.41. The van der Waals surface area contributed by atoms with Crippen LogP contribution in [0.25, 0.3) is 0 Å². The third kappa shape index (κ3) is 3.08. The molecule has 4 nitrogen and oxygen atoms in total. The Kier molecular flexibility index (Phi) is 4.09. The Bertz CT molecular complexity index is 451. The molecule has 0 atom stereocenters. The minimum absolute atomic E-state index is 0.0470. The van der Waals surface area contributed by atoms with Crippen molar-refractivity contribution in [3.05, 3.63) is 33.6 Å². The van der Waals surface area contributed by atoms with Crippen molar-refractivity contribution in [1.82, 2.24) is 5.32 Å². The summed E-state index contributed by atoms with van der Waals surface area (Å²) in [4.78, 5) is 21.6. The van der Waals surface area contributed by atoms with Crippen LogP contribution in [0.4, 0.5) is 4.39 Å². The second-order valence-corrected chi connectivity index (χ2v) is 3.64. The number of halogens is 3. The van der Waals surface area contributed by atoms with Gasteiger partial charge in [-0.1, -0.05) is 23.2 Å². The lowest BCUT2D eigenvalue weighted by atomic mass is 10.2. The zero-order valence-electron chi connectivity index (χ0n) is 7.76. The third-order valence-electron chi connectivity index (χ3n) is 1.65. The van der Waals surface area contributed by atoms with Crippen molar-refractivity contribution >= 4 is 35.1 Å². The summed E-state index contributed by atoms with van der Waals surface area (Å²) in [7, 11) is 0. The van der Waals surface area contributed by atoms with E-state index in [2.05, 4.69) is 5.32 Å². The molecule has 0 aliphatic heterocycles. The summed E-state index contributed by atoms with van der Waals surface area (Å²) in [5.74, 6) is -2.78. The summed E-state index contributed by atoms with van der Waals surface area (Å²) >= 11 is 11.1. The van der Waals surface area contributed by atoms with E-state index in [0.717, 1.165) is 12.1 Å². The molecule has 1 amide bonds. The van der Waals surface area contributed by atoms with Gasteiger partial charge in [0.15, 0.2) is 0 Å². The number of carbonyl (C=O) groups is 2. The standard InChI is InChI=1S/C9H6Cl2FNO3/c10-5-2-6(11)7(12)1-4(5)9(16)13-3-8(14)15/h1-2H,3H2,(H,13,16)(H,14,15). The molecular formula is C9H6Cl2FNO3. The monoisotopic (exact) mass is 265 g/mol. The van der Waals surface area contributed by atoms with Gasteiger partial charge in [-0.2, -0.15) is 0 Å². The van der Waals surface area contributed by atoms with Crippen LogP contribution in [0.2, 0.25) is 10.0 Å². The molecule has 0 aromatic heterocycles. The normalized spacial score (nSPS) is 9.94. The number of carbonyl (C=O) groups excluding carboxylic acids is 1. The Balaban J connectivity index is 2.91. The molecule has 0 unspecified atom stereocenters. The number of nitrogens with one attached hydrogen (secondary N) is 1. The van der Waals surface area contributed by atoms with Gasteiger partial charge in [0.1, 0.15) is 12.4 Å². The van der Waals surface area contributed by atoms with Crippen LogP contribution in [0.3, 0.4) is 0 Å². The summed E-state index contributed by atoms with van der Waals surface area (Å²) in [5.41, 5.74) is -0.162. The van der Waals surface area contributed by atoms with Gasteiger partial charge in [0.2, 0.25) is 0 Å². The molecule has 0 spiro atoms. The third-order valence-corrected chi connectivity index (χ3v) is 2.26. The van der Waals surface area contributed by atoms with Gasteiger partial charge >= 0.3 is 5.97 Å². The SMILES string of the molecule is O=C(O)CNC(=O)c1cc(F)c(Cl)cc1Cl.